The molecule has 0 spiro atoms. The van der Waals surface area contributed by atoms with Crippen molar-refractivity contribution in [2.75, 3.05) is 19.7 Å². The number of hydrogen-bond donors (Lipinski definition) is 0. The molecule has 142 valence electrons. The minimum absolute atomic E-state index is 0.176. The second-order valence-electron chi connectivity index (χ2n) is 6.84. The van der Waals surface area contributed by atoms with E-state index in [4.69, 9.17) is 4.74 Å². The van der Waals surface area contributed by atoms with Crippen LogP contribution in [0.1, 0.15) is 35.7 Å². The van der Waals surface area contributed by atoms with E-state index in [1.807, 2.05) is 0 Å². The Hall–Kier alpha value is -2.76. The van der Waals surface area contributed by atoms with Gasteiger partial charge in [0.15, 0.2) is 0 Å². The maximum Gasteiger partial charge on any atom is 0.314 e. The average molecular weight is 370 g/mol. The molecule has 0 unspecified atom stereocenters. The van der Waals surface area contributed by atoms with Crippen LogP contribution in [0.15, 0.2) is 48.8 Å². The van der Waals surface area contributed by atoms with E-state index in [1.165, 1.54) is 12.3 Å². The summed E-state index contributed by atoms with van der Waals surface area (Å²) >= 11 is 0. The van der Waals surface area contributed by atoms with Gasteiger partial charge in [0.1, 0.15) is 5.82 Å². The van der Waals surface area contributed by atoms with Crippen LogP contribution < -0.4 is 0 Å². The van der Waals surface area contributed by atoms with Gasteiger partial charge < -0.3 is 9.64 Å². The van der Waals surface area contributed by atoms with Crippen LogP contribution in [0, 0.1) is 11.2 Å². The Morgan fingerprint density at radius 3 is 2.78 bits per heavy atom. The Balaban J connectivity index is 1.89. The van der Waals surface area contributed by atoms with Crippen molar-refractivity contribution < 1.29 is 18.7 Å². The molecule has 1 aromatic heterocycles. The lowest BCUT2D eigenvalue weighted by Crippen LogP contribution is -2.51. The number of likely N-dealkylation sites (tertiary alicyclic amines) is 1. The number of halogens is 1. The first-order chi connectivity index (χ1) is 13.1. The number of carbonyl (C=O) groups excluding carboxylic acids is 2. The lowest BCUT2D eigenvalue weighted by Gasteiger charge is -2.41. The van der Waals surface area contributed by atoms with Crippen LogP contribution in [0.4, 0.5) is 4.39 Å². The largest absolute Gasteiger partial charge is 0.466 e. The molecule has 1 aromatic carbocycles. The molecule has 2 heterocycles. The number of benzene rings is 1. The molecule has 0 aliphatic carbocycles. The zero-order chi connectivity index (χ0) is 19.3. The molecule has 0 bridgehead atoms. The van der Waals surface area contributed by atoms with Crippen LogP contribution in [-0.2, 0) is 16.0 Å². The average Bonchev–Trinajstić information content (AvgIpc) is 2.70. The van der Waals surface area contributed by atoms with Gasteiger partial charge in [0.25, 0.3) is 5.91 Å². The highest BCUT2D eigenvalue weighted by Gasteiger charge is 2.45. The van der Waals surface area contributed by atoms with Crippen molar-refractivity contribution in [2.45, 2.75) is 26.2 Å². The molecule has 0 radical (unpaired) electrons. The molecule has 1 fully saturated rings. The summed E-state index contributed by atoms with van der Waals surface area (Å²) in [5, 5.41) is 0. The fraction of sp³-hybridized carbons (Fsp3) is 0.381. The van der Waals surface area contributed by atoms with Gasteiger partial charge in [0.2, 0.25) is 0 Å². The number of carbonyl (C=O) groups is 2. The van der Waals surface area contributed by atoms with Gasteiger partial charge in [-0.2, -0.15) is 0 Å². The summed E-state index contributed by atoms with van der Waals surface area (Å²) in [4.78, 5) is 31.3. The molecule has 1 aliphatic rings. The predicted molar refractivity (Wildman–Crippen MR) is 98.5 cm³/mol. The zero-order valence-electron chi connectivity index (χ0n) is 15.4. The van der Waals surface area contributed by atoms with E-state index in [1.54, 1.807) is 48.4 Å². The maximum atomic E-state index is 14.2. The van der Waals surface area contributed by atoms with E-state index in [0.29, 0.717) is 30.5 Å². The van der Waals surface area contributed by atoms with Crippen LogP contribution in [0.2, 0.25) is 0 Å². The summed E-state index contributed by atoms with van der Waals surface area (Å²) in [5.74, 6) is -0.904. The number of piperidine rings is 1. The molecular formula is C21H23FN2O3. The van der Waals surface area contributed by atoms with Crippen molar-refractivity contribution in [3.05, 3.63) is 65.7 Å². The minimum Gasteiger partial charge on any atom is -0.466 e. The summed E-state index contributed by atoms with van der Waals surface area (Å²) in [7, 11) is 0. The molecule has 1 aliphatic heterocycles. The van der Waals surface area contributed by atoms with Crippen molar-refractivity contribution in [2.24, 2.45) is 5.41 Å². The van der Waals surface area contributed by atoms with Crippen LogP contribution in [0.5, 0.6) is 0 Å². The summed E-state index contributed by atoms with van der Waals surface area (Å²) in [6, 6.07) is 9.84. The third-order valence-corrected chi connectivity index (χ3v) is 4.97. The lowest BCUT2D eigenvalue weighted by molar-refractivity contribution is -0.158. The summed E-state index contributed by atoms with van der Waals surface area (Å²) in [6.45, 7) is 2.74. The number of hydrogen-bond acceptors (Lipinski definition) is 4. The molecule has 3 rings (SSSR count). The molecule has 2 aromatic rings. The molecule has 0 saturated carbocycles. The molecule has 5 nitrogen and oxygen atoms in total. The molecule has 1 amide bonds. The molecule has 1 saturated heterocycles. The van der Waals surface area contributed by atoms with E-state index in [2.05, 4.69) is 4.98 Å². The van der Waals surface area contributed by atoms with Crippen molar-refractivity contribution in [3.8, 4) is 0 Å². The van der Waals surface area contributed by atoms with Gasteiger partial charge in [-0.15, -0.1) is 0 Å². The number of esters is 1. The maximum absolute atomic E-state index is 14.2. The first-order valence-corrected chi connectivity index (χ1v) is 9.16. The SMILES string of the molecule is CCOC(=O)[C@]1(Cc2ccccc2F)CCCN(C(=O)c2cccnc2)C1. The molecule has 6 heteroatoms. The summed E-state index contributed by atoms with van der Waals surface area (Å²) in [5.41, 5.74) is -0.0156. The Morgan fingerprint density at radius 2 is 2.07 bits per heavy atom. The molecule has 1 atom stereocenters. The smallest absolute Gasteiger partial charge is 0.314 e. The standard InChI is InChI=1S/C21H23FN2O3/c1-2-27-20(26)21(13-16-7-3-4-9-18(16)22)10-6-12-24(15-21)19(25)17-8-5-11-23-14-17/h3-5,7-9,11,14H,2,6,10,12-13,15H2,1H3/t21-/m0/s1. The Labute approximate surface area is 158 Å². The van der Waals surface area contributed by atoms with E-state index in [9.17, 15) is 14.0 Å². The van der Waals surface area contributed by atoms with Crippen LogP contribution in [0.25, 0.3) is 0 Å². The zero-order valence-corrected chi connectivity index (χ0v) is 15.4. The molecule has 27 heavy (non-hydrogen) atoms. The van der Waals surface area contributed by atoms with Gasteiger partial charge in [0, 0.05) is 25.5 Å². The third-order valence-electron chi connectivity index (χ3n) is 4.97. The van der Waals surface area contributed by atoms with Crippen molar-refractivity contribution in [3.63, 3.8) is 0 Å². The Kier molecular flexibility index (Phi) is 5.84. The number of aromatic nitrogens is 1. The van der Waals surface area contributed by atoms with E-state index in [0.717, 1.165) is 0 Å². The minimum atomic E-state index is -0.950. The van der Waals surface area contributed by atoms with Gasteiger partial charge in [-0.1, -0.05) is 18.2 Å². The number of amides is 1. The highest BCUT2D eigenvalue weighted by atomic mass is 19.1. The van der Waals surface area contributed by atoms with Crippen molar-refractivity contribution in [1.82, 2.24) is 9.88 Å². The number of rotatable bonds is 5. The highest BCUT2D eigenvalue weighted by molar-refractivity contribution is 5.94. The first kappa shape index (κ1) is 19.0. The predicted octanol–water partition coefficient (Wildman–Crippen LogP) is 3.25. The van der Waals surface area contributed by atoms with Crippen molar-refractivity contribution >= 4 is 11.9 Å². The monoisotopic (exact) mass is 370 g/mol. The Bertz CT molecular complexity index is 812. The fourth-order valence-corrected chi connectivity index (χ4v) is 3.65. The number of nitrogens with zero attached hydrogens (tertiary/aromatic N) is 2. The first-order valence-electron chi connectivity index (χ1n) is 9.16. The lowest BCUT2D eigenvalue weighted by atomic mass is 9.74. The highest BCUT2D eigenvalue weighted by Crippen LogP contribution is 2.36. The van der Waals surface area contributed by atoms with Gasteiger partial charge in [-0.25, -0.2) is 4.39 Å². The molecule has 0 N–H and O–H groups in total. The number of pyridine rings is 1. The third kappa shape index (κ3) is 4.15. The van der Waals surface area contributed by atoms with Crippen molar-refractivity contribution in [1.29, 1.82) is 0 Å². The fourth-order valence-electron chi connectivity index (χ4n) is 3.65. The van der Waals surface area contributed by atoms with E-state index in [-0.39, 0.29) is 37.3 Å². The summed E-state index contributed by atoms with van der Waals surface area (Å²) in [6.07, 6.45) is 4.53. The topological polar surface area (TPSA) is 59.5 Å². The van der Waals surface area contributed by atoms with Crippen LogP contribution in [-0.4, -0.2) is 41.5 Å². The van der Waals surface area contributed by atoms with Gasteiger partial charge in [-0.05, 0) is 49.9 Å². The summed E-state index contributed by atoms with van der Waals surface area (Å²) < 4.78 is 19.6. The molecular weight excluding hydrogens is 347 g/mol. The Morgan fingerprint density at radius 1 is 1.26 bits per heavy atom. The second-order valence-corrected chi connectivity index (χ2v) is 6.84. The van der Waals surface area contributed by atoms with E-state index < -0.39 is 5.41 Å². The van der Waals surface area contributed by atoms with Crippen LogP contribution in [0.3, 0.4) is 0 Å². The number of ether oxygens (including phenoxy) is 1. The van der Waals surface area contributed by atoms with Gasteiger partial charge in [-0.3, -0.25) is 14.6 Å². The normalized spacial score (nSPS) is 19.6. The second kappa shape index (κ2) is 8.29. The van der Waals surface area contributed by atoms with Gasteiger partial charge in [0.05, 0.1) is 17.6 Å². The quantitative estimate of drug-likeness (QED) is 0.758. The van der Waals surface area contributed by atoms with E-state index >= 15 is 0 Å². The van der Waals surface area contributed by atoms with Crippen LogP contribution >= 0.6 is 0 Å². The van der Waals surface area contributed by atoms with Gasteiger partial charge >= 0.3 is 5.97 Å².